The third-order valence-electron chi connectivity index (χ3n) is 2.60. The lowest BCUT2D eigenvalue weighted by Crippen LogP contribution is -2.14. The Bertz CT molecular complexity index is 435. The molecule has 1 saturated carbocycles. The van der Waals surface area contributed by atoms with Gasteiger partial charge in [-0.25, -0.2) is 0 Å². The van der Waals surface area contributed by atoms with Crippen molar-refractivity contribution < 1.29 is 9.90 Å². The fourth-order valence-corrected chi connectivity index (χ4v) is 2.89. The van der Waals surface area contributed by atoms with Crippen LogP contribution in [0.15, 0.2) is 23.1 Å². The maximum absolute atomic E-state index is 10.6. The standard InChI is InChI=1S/C12H14ClNO2S/c13-9-5-7(10(14)6-12(15)16)1-4-11(9)17-8-2-3-8/h1,4-5,8,10H,2-3,6,14H2,(H,15,16). The minimum atomic E-state index is -0.898. The van der Waals surface area contributed by atoms with Gasteiger partial charge in [-0.15, -0.1) is 11.8 Å². The van der Waals surface area contributed by atoms with Gasteiger partial charge in [0.25, 0.3) is 0 Å². The van der Waals surface area contributed by atoms with Crippen molar-refractivity contribution in [1.82, 2.24) is 0 Å². The first kappa shape index (κ1) is 12.7. The summed E-state index contributed by atoms with van der Waals surface area (Å²) in [4.78, 5) is 11.6. The second-order valence-electron chi connectivity index (χ2n) is 4.21. The maximum atomic E-state index is 10.6. The highest BCUT2D eigenvalue weighted by atomic mass is 35.5. The summed E-state index contributed by atoms with van der Waals surface area (Å²) < 4.78 is 0. The predicted octanol–water partition coefficient (Wildman–Crippen LogP) is 3.07. The van der Waals surface area contributed by atoms with Crippen LogP contribution < -0.4 is 5.73 Å². The Morgan fingerprint density at radius 3 is 2.82 bits per heavy atom. The Labute approximate surface area is 109 Å². The molecule has 0 bridgehead atoms. The number of carboxylic acid groups (broad SMARTS) is 1. The summed E-state index contributed by atoms with van der Waals surface area (Å²) in [5, 5.41) is 10.0. The van der Waals surface area contributed by atoms with Gasteiger partial charge in [0, 0.05) is 16.2 Å². The smallest absolute Gasteiger partial charge is 0.305 e. The summed E-state index contributed by atoms with van der Waals surface area (Å²) in [7, 11) is 0. The number of rotatable bonds is 5. The number of halogens is 1. The average Bonchev–Trinajstić information content (AvgIpc) is 3.04. The van der Waals surface area contributed by atoms with E-state index in [0.717, 1.165) is 10.5 Å². The van der Waals surface area contributed by atoms with Crippen molar-refractivity contribution in [2.24, 2.45) is 5.73 Å². The van der Waals surface area contributed by atoms with Gasteiger partial charge in [-0.2, -0.15) is 0 Å². The molecular formula is C12H14ClNO2S. The van der Waals surface area contributed by atoms with E-state index in [9.17, 15) is 4.79 Å². The molecule has 3 N–H and O–H groups in total. The highest BCUT2D eigenvalue weighted by Gasteiger charge is 2.23. The second kappa shape index (κ2) is 5.29. The van der Waals surface area contributed by atoms with Crippen LogP contribution in [0.5, 0.6) is 0 Å². The second-order valence-corrected chi connectivity index (χ2v) is 5.96. The zero-order valence-electron chi connectivity index (χ0n) is 9.23. The number of nitrogens with two attached hydrogens (primary N) is 1. The maximum Gasteiger partial charge on any atom is 0.305 e. The summed E-state index contributed by atoms with van der Waals surface area (Å²) in [5.74, 6) is -0.898. The molecule has 1 aromatic carbocycles. The monoisotopic (exact) mass is 271 g/mol. The van der Waals surface area contributed by atoms with Crippen molar-refractivity contribution in [3.8, 4) is 0 Å². The van der Waals surface area contributed by atoms with E-state index in [1.165, 1.54) is 12.8 Å². The Morgan fingerprint density at radius 1 is 1.59 bits per heavy atom. The van der Waals surface area contributed by atoms with Gasteiger partial charge in [-0.3, -0.25) is 4.79 Å². The summed E-state index contributed by atoms with van der Waals surface area (Å²) in [6, 6.07) is 5.08. The van der Waals surface area contributed by atoms with Crippen molar-refractivity contribution in [2.75, 3.05) is 0 Å². The molecule has 0 heterocycles. The van der Waals surface area contributed by atoms with Gasteiger partial charge in [0.1, 0.15) is 0 Å². The van der Waals surface area contributed by atoms with Gasteiger partial charge in [0.15, 0.2) is 0 Å². The number of aliphatic carboxylic acids is 1. The number of thioether (sulfide) groups is 1. The number of carbonyl (C=O) groups is 1. The zero-order chi connectivity index (χ0) is 12.4. The van der Waals surface area contributed by atoms with E-state index in [1.807, 2.05) is 12.1 Å². The van der Waals surface area contributed by atoms with E-state index in [2.05, 4.69) is 0 Å². The highest BCUT2D eigenvalue weighted by molar-refractivity contribution is 8.00. The van der Waals surface area contributed by atoms with E-state index in [1.54, 1.807) is 17.8 Å². The Balaban J connectivity index is 2.08. The van der Waals surface area contributed by atoms with Gasteiger partial charge in [0.2, 0.25) is 0 Å². The molecule has 0 radical (unpaired) electrons. The number of hydrogen-bond acceptors (Lipinski definition) is 3. The Kier molecular flexibility index (Phi) is 3.97. The molecule has 2 rings (SSSR count). The first-order valence-corrected chi connectivity index (χ1v) is 6.75. The van der Waals surface area contributed by atoms with E-state index >= 15 is 0 Å². The molecule has 1 aliphatic rings. The van der Waals surface area contributed by atoms with Crippen LogP contribution in [-0.4, -0.2) is 16.3 Å². The quantitative estimate of drug-likeness (QED) is 0.864. The molecular weight excluding hydrogens is 258 g/mol. The highest BCUT2D eigenvalue weighted by Crippen LogP contribution is 2.42. The lowest BCUT2D eigenvalue weighted by Gasteiger charge is -2.11. The minimum Gasteiger partial charge on any atom is -0.481 e. The van der Waals surface area contributed by atoms with Crippen molar-refractivity contribution >= 4 is 29.3 Å². The lowest BCUT2D eigenvalue weighted by molar-refractivity contribution is -0.137. The molecule has 1 fully saturated rings. The summed E-state index contributed by atoms with van der Waals surface area (Å²) in [5.41, 5.74) is 6.56. The number of hydrogen-bond donors (Lipinski definition) is 2. The van der Waals surface area contributed by atoms with Crippen molar-refractivity contribution in [1.29, 1.82) is 0 Å². The van der Waals surface area contributed by atoms with E-state index in [4.69, 9.17) is 22.4 Å². The van der Waals surface area contributed by atoms with Crippen molar-refractivity contribution in [2.45, 2.75) is 35.4 Å². The van der Waals surface area contributed by atoms with Crippen LogP contribution in [0.1, 0.15) is 30.9 Å². The van der Waals surface area contributed by atoms with Gasteiger partial charge in [0.05, 0.1) is 11.4 Å². The fraction of sp³-hybridized carbons (Fsp3) is 0.417. The molecule has 0 saturated heterocycles. The molecule has 0 aliphatic heterocycles. The van der Waals surface area contributed by atoms with E-state index in [-0.39, 0.29) is 6.42 Å². The summed E-state index contributed by atoms with van der Waals surface area (Å²) >= 11 is 7.94. The molecule has 1 unspecified atom stereocenters. The third-order valence-corrected chi connectivity index (χ3v) is 4.44. The van der Waals surface area contributed by atoms with Gasteiger partial charge in [-0.05, 0) is 30.5 Å². The SMILES string of the molecule is NC(CC(=O)O)c1ccc(SC2CC2)c(Cl)c1. The van der Waals surface area contributed by atoms with Crippen LogP contribution in [0.2, 0.25) is 5.02 Å². The van der Waals surface area contributed by atoms with Gasteiger partial charge >= 0.3 is 5.97 Å². The lowest BCUT2D eigenvalue weighted by atomic mass is 10.1. The van der Waals surface area contributed by atoms with E-state index < -0.39 is 12.0 Å². The van der Waals surface area contributed by atoms with Crippen LogP contribution in [0.4, 0.5) is 0 Å². The molecule has 0 aromatic heterocycles. The molecule has 0 spiro atoms. The zero-order valence-corrected chi connectivity index (χ0v) is 10.8. The fourth-order valence-electron chi connectivity index (χ4n) is 1.51. The largest absolute Gasteiger partial charge is 0.481 e. The Morgan fingerprint density at radius 2 is 2.29 bits per heavy atom. The molecule has 5 heteroatoms. The Hall–Kier alpha value is -0.710. The first-order chi connectivity index (χ1) is 8.06. The van der Waals surface area contributed by atoms with Crippen LogP contribution in [0.25, 0.3) is 0 Å². The van der Waals surface area contributed by atoms with E-state index in [0.29, 0.717) is 10.3 Å². The summed E-state index contributed by atoms with van der Waals surface area (Å²) in [6.45, 7) is 0. The average molecular weight is 272 g/mol. The molecule has 92 valence electrons. The molecule has 17 heavy (non-hydrogen) atoms. The molecule has 1 aliphatic carbocycles. The summed E-state index contributed by atoms with van der Waals surface area (Å²) in [6.07, 6.45) is 2.42. The van der Waals surface area contributed by atoms with Crippen LogP contribution >= 0.6 is 23.4 Å². The molecule has 0 amide bonds. The van der Waals surface area contributed by atoms with Crippen molar-refractivity contribution in [3.05, 3.63) is 28.8 Å². The van der Waals surface area contributed by atoms with Crippen molar-refractivity contribution in [3.63, 3.8) is 0 Å². The minimum absolute atomic E-state index is 0.0779. The van der Waals surface area contributed by atoms with Gasteiger partial charge < -0.3 is 10.8 Å². The predicted molar refractivity (Wildman–Crippen MR) is 69.5 cm³/mol. The number of benzene rings is 1. The molecule has 1 atom stereocenters. The van der Waals surface area contributed by atoms with Gasteiger partial charge in [-0.1, -0.05) is 17.7 Å². The first-order valence-electron chi connectivity index (χ1n) is 5.49. The third kappa shape index (κ3) is 3.63. The van der Waals surface area contributed by atoms with Crippen LogP contribution in [0.3, 0.4) is 0 Å². The molecule has 3 nitrogen and oxygen atoms in total. The number of carboxylic acids is 1. The topological polar surface area (TPSA) is 63.3 Å². The van der Waals surface area contributed by atoms with Crippen LogP contribution in [0, 0.1) is 0 Å². The normalized spacial score (nSPS) is 16.8. The molecule has 1 aromatic rings. The van der Waals surface area contributed by atoms with Crippen LogP contribution in [-0.2, 0) is 4.79 Å².